The number of nitrogens with zero attached hydrogens (tertiary/aromatic N) is 2. The van der Waals surface area contributed by atoms with Gasteiger partial charge in [0.25, 0.3) is 0 Å². The second kappa shape index (κ2) is 12.7. The van der Waals surface area contributed by atoms with Crippen molar-refractivity contribution < 1.29 is 13.2 Å². The van der Waals surface area contributed by atoms with E-state index in [9.17, 15) is 13.2 Å². The molecule has 6 nitrogen and oxygen atoms in total. The van der Waals surface area contributed by atoms with E-state index >= 15 is 0 Å². The molecule has 8 heteroatoms. The van der Waals surface area contributed by atoms with E-state index in [1.165, 1.54) is 16.1 Å². The number of carbonyl (C=O) groups is 1. The minimum Gasteiger partial charge on any atom is -0.347 e. The Labute approximate surface area is 225 Å². The largest absolute Gasteiger partial charge is 0.347 e. The first-order valence-corrected chi connectivity index (χ1v) is 15.3. The number of amides is 1. The summed E-state index contributed by atoms with van der Waals surface area (Å²) in [6, 6.07) is 26.5. The Balaban J connectivity index is 1.50. The molecule has 0 radical (unpaired) electrons. The van der Waals surface area contributed by atoms with Crippen LogP contribution in [0.25, 0.3) is 11.1 Å². The molecule has 1 N–H and O–H groups in total. The fourth-order valence-electron chi connectivity index (χ4n) is 4.59. The van der Waals surface area contributed by atoms with Crippen LogP contribution >= 0.6 is 11.8 Å². The van der Waals surface area contributed by atoms with Gasteiger partial charge in [0.15, 0.2) is 0 Å². The van der Waals surface area contributed by atoms with Crippen molar-refractivity contribution in [2.75, 3.05) is 31.9 Å². The topological polar surface area (TPSA) is 69.7 Å². The predicted octanol–water partition coefficient (Wildman–Crippen LogP) is 5.01. The Morgan fingerprint density at radius 3 is 2.16 bits per heavy atom. The van der Waals surface area contributed by atoms with Crippen molar-refractivity contribution in [1.29, 1.82) is 0 Å². The molecule has 0 saturated carbocycles. The molecule has 1 aliphatic heterocycles. The smallest absolute Gasteiger partial charge is 0.249 e. The molecule has 0 spiro atoms. The highest BCUT2D eigenvalue weighted by molar-refractivity contribution is 8.02. The molecule has 0 bridgehead atoms. The van der Waals surface area contributed by atoms with E-state index in [4.69, 9.17) is 0 Å². The second-order valence-corrected chi connectivity index (χ2v) is 12.1. The Kier molecular flexibility index (Phi) is 9.43. The molecule has 1 heterocycles. The minimum atomic E-state index is -3.82. The van der Waals surface area contributed by atoms with Crippen LogP contribution in [0.4, 0.5) is 0 Å². The number of carbonyl (C=O) groups excluding carboxylic acids is 1. The maximum absolute atomic E-state index is 13.6. The van der Waals surface area contributed by atoms with Crippen LogP contribution in [0.2, 0.25) is 0 Å². The highest BCUT2D eigenvalue weighted by Crippen LogP contribution is 2.32. The molecule has 3 aromatic rings. The molecule has 0 aromatic heterocycles. The number of hydrogen-bond donors (Lipinski definition) is 1. The quantitative estimate of drug-likeness (QED) is 0.373. The van der Waals surface area contributed by atoms with E-state index in [1.807, 2.05) is 72.8 Å². The summed E-state index contributed by atoms with van der Waals surface area (Å²) < 4.78 is 28.5. The van der Waals surface area contributed by atoms with E-state index in [0.29, 0.717) is 12.3 Å². The third-order valence-electron chi connectivity index (χ3n) is 6.79. The summed E-state index contributed by atoms with van der Waals surface area (Å²) in [7, 11) is -3.82. The lowest BCUT2D eigenvalue weighted by Gasteiger charge is -2.27. The first-order chi connectivity index (χ1) is 17.9. The average molecular weight is 538 g/mol. The zero-order valence-corrected chi connectivity index (χ0v) is 23.0. The lowest BCUT2D eigenvalue weighted by Crippen LogP contribution is -2.46. The lowest BCUT2D eigenvalue weighted by molar-refractivity contribution is -0.123. The maximum atomic E-state index is 13.6. The Morgan fingerprint density at radius 2 is 1.54 bits per heavy atom. The lowest BCUT2D eigenvalue weighted by atomic mass is 10.0. The molecular weight excluding hydrogens is 502 g/mol. The van der Waals surface area contributed by atoms with Crippen LogP contribution in [0.3, 0.4) is 0 Å². The van der Waals surface area contributed by atoms with Crippen molar-refractivity contribution in [1.82, 2.24) is 14.5 Å². The molecule has 3 aromatic carbocycles. The van der Waals surface area contributed by atoms with E-state index in [1.54, 1.807) is 12.1 Å². The third-order valence-corrected chi connectivity index (χ3v) is 10.0. The summed E-state index contributed by atoms with van der Waals surface area (Å²) in [4.78, 5) is 16.0. The number of hydrogen-bond acceptors (Lipinski definition) is 5. The number of sulfonamides is 1. The van der Waals surface area contributed by atoms with Crippen molar-refractivity contribution in [3.05, 3.63) is 90.5 Å². The van der Waals surface area contributed by atoms with Crippen molar-refractivity contribution in [3.63, 3.8) is 0 Å². The zero-order valence-electron chi connectivity index (χ0n) is 21.4. The summed E-state index contributed by atoms with van der Waals surface area (Å²) in [6.45, 7) is 7.30. The van der Waals surface area contributed by atoms with Crippen LogP contribution in [0.5, 0.6) is 0 Å². The van der Waals surface area contributed by atoms with Gasteiger partial charge in [0.2, 0.25) is 15.9 Å². The SMILES string of the molecule is CCN(CC)CCC(NC(=O)C1SCCN1S(=O)(=O)c1ccc(-c2ccccc2)cc1)c1ccccc1. The Bertz CT molecular complexity index is 1250. The Morgan fingerprint density at radius 1 is 0.946 bits per heavy atom. The monoisotopic (exact) mass is 537 g/mol. The average Bonchev–Trinajstić information content (AvgIpc) is 3.45. The van der Waals surface area contributed by atoms with Crippen molar-refractivity contribution in [2.45, 2.75) is 36.6 Å². The van der Waals surface area contributed by atoms with Crippen molar-refractivity contribution >= 4 is 27.7 Å². The molecule has 196 valence electrons. The van der Waals surface area contributed by atoms with Crippen LogP contribution in [-0.2, 0) is 14.8 Å². The fraction of sp³-hybridized carbons (Fsp3) is 0.345. The van der Waals surface area contributed by atoms with Crippen molar-refractivity contribution in [2.24, 2.45) is 0 Å². The maximum Gasteiger partial charge on any atom is 0.249 e. The van der Waals surface area contributed by atoms with Gasteiger partial charge >= 0.3 is 0 Å². The van der Waals surface area contributed by atoms with Crippen LogP contribution < -0.4 is 5.32 Å². The molecule has 1 amide bonds. The van der Waals surface area contributed by atoms with Gasteiger partial charge in [0, 0.05) is 18.8 Å². The molecule has 2 unspecified atom stereocenters. The molecule has 0 aliphatic carbocycles. The molecule has 1 aliphatic rings. The number of benzene rings is 3. The van der Waals surface area contributed by atoms with Crippen LogP contribution in [0, 0.1) is 0 Å². The molecule has 1 fully saturated rings. The van der Waals surface area contributed by atoms with Gasteiger partial charge < -0.3 is 10.2 Å². The molecular formula is C29H35N3O3S2. The normalized spacial score (nSPS) is 17.1. The summed E-state index contributed by atoms with van der Waals surface area (Å²) >= 11 is 1.38. The zero-order chi connectivity index (χ0) is 26.3. The van der Waals surface area contributed by atoms with E-state index in [0.717, 1.165) is 42.7 Å². The van der Waals surface area contributed by atoms with E-state index < -0.39 is 15.4 Å². The van der Waals surface area contributed by atoms with Gasteiger partial charge in [0.1, 0.15) is 5.37 Å². The first-order valence-electron chi connectivity index (χ1n) is 12.8. The van der Waals surface area contributed by atoms with Crippen LogP contribution in [0.1, 0.15) is 31.9 Å². The third kappa shape index (κ3) is 6.62. The van der Waals surface area contributed by atoms with Gasteiger partial charge in [-0.1, -0.05) is 86.6 Å². The summed E-state index contributed by atoms with van der Waals surface area (Å²) in [5, 5.41) is 2.38. The highest BCUT2D eigenvalue weighted by Gasteiger charge is 2.40. The van der Waals surface area contributed by atoms with Crippen LogP contribution in [-0.4, -0.2) is 60.8 Å². The molecule has 1 saturated heterocycles. The Hall–Kier alpha value is -2.65. The van der Waals surface area contributed by atoms with Gasteiger partial charge in [-0.2, -0.15) is 4.31 Å². The number of nitrogens with one attached hydrogen (secondary N) is 1. The standard InChI is InChI=1S/C29H35N3O3S2/c1-3-31(4-2)20-19-27(25-13-9-6-10-14-25)30-28(33)29-32(21-22-36-29)37(34,35)26-17-15-24(16-18-26)23-11-7-5-8-12-23/h5-18,27,29H,3-4,19-22H2,1-2H3,(H,30,33). The molecule has 2 atom stereocenters. The van der Waals surface area contributed by atoms with Gasteiger partial charge in [-0.25, -0.2) is 8.42 Å². The number of thioether (sulfide) groups is 1. The fourth-order valence-corrected chi connectivity index (χ4v) is 7.68. The van der Waals surface area contributed by atoms with Crippen LogP contribution in [0.15, 0.2) is 89.8 Å². The van der Waals surface area contributed by atoms with Crippen molar-refractivity contribution in [3.8, 4) is 11.1 Å². The molecule has 37 heavy (non-hydrogen) atoms. The van der Waals surface area contributed by atoms with Gasteiger partial charge in [-0.05, 0) is 48.3 Å². The molecule has 4 rings (SSSR count). The predicted molar refractivity (Wildman–Crippen MR) is 152 cm³/mol. The number of rotatable bonds is 11. The minimum absolute atomic E-state index is 0.190. The van der Waals surface area contributed by atoms with Gasteiger partial charge in [-0.3, -0.25) is 4.79 Å². The highest BCUT2D eigenvalue weighted by atomic mass is 32.2. The summed E-state index contributed by atoms with van der Waals surface area (Å²) in [6.07, 6.45) is 0.752. The van der Waals surface area contributed by atoms with E-state index in [2.05, 4.69) is 24.1 Å². The summed E-state index contributed by atoms with van der Waals surface area (Å²) in [5.74, 6) is 0.315. The second-order valence-electron chi connectivity index (χ2n) is 9.02. The van der Waals surface area contributed by atoms with Gasteiger partial charge in [0.05, 0.1) is 10.9 Å². The van der Waals surface area contributed by atoms with Gasteiger partial charge in [-0.15, -0.1) is 11.8 Å². The first kappa shape index (κ1) is 27.4. The summed E-state index contributed by atoms with van der Waals surface area (Å²) in [5.41, 5.74) is 3.00. The van der Waals surface area contributed by atoms with E-state index in [-0.39, 0.29) is 16.8 Å².